The summed E-state index contributed by atoms with van der Waals surface area (Å²) in [5.41, 5.74) is 0. The SMILES string of the molecule is CC#CC(=O)N(C)CC(=O)N(CC)CC. The molecule has 0 aliphatic heterocycles. The Morgan fingerprint density at radius 3 is 2.13 bits per heavy atom. The number of hydrogen-bond acceptors (Lipinski definition) is 2. The van der Waals surface area contributed by atoms with E-state index in [0.717, 1.165) is 0 Å². The molecule has 4 nitrogen and oxygen atoms in total. The quantitative estimate of drug-likeness (QED) is 0.628. The van der Waals surface area contributed by atoms with Gasteiger partial charge in [-0.1, -0.05) is 5.92 Å². The first-order valence-corrected chi connectivity index (χ1v) is 5.02. The summed E-state index contributed by atoms with van der Waals surface area (Å²) in [6, 6.07) is 0. The second kappa shape index (κ2) is 6.88. The zero-order valence-electron chi connectivity index (χ0n) is 9.83. The molecule has 0 aromatic carbocycles. The summed E-state index contributed by atoms with van der Waals surface area (Å²) in [4.78, 5) is 25.9. The van der Waals surface area contributed by atoms with Crippen LogP contribution in [-0.4, -0.2) is 48.3 Å². The van der Waals surface area contributed by atoms with Crippen LogP contribution >= 0.6 is 0 Å². The van der Waals surface area contributed by atoms with Crippen LogP contribution in [0.5, 0.6) is 0 Å². The third-order valence-electron chi connectivity index (χ3n) is 2.07. The molecule has 0 atom stereocenters. The molecule has 0 heterocycles. The predicted molar refractivity (Wildman–Crippen MR) is 59.0 cm³/mol. The number of rotatable bonds is 4. The molecule has 0 aromatic rings. The van der Waals surface area contributed by atoms with Gasteiger partial charge in [-0.05, 0) is 26.7 Å². The van der Waals surface area contributed by atoms with Gasteiger partial charge in [-0.15, -0.1) is 0 Å². The molecule has 15 heavy (non-hydrogen) atoms. The zero-order valence-corrected chi connectivity index (χ0v) is 9.83. The van der Waals surface area contributed by atoms with Crippen LogP contribution in [0.15, 0.2) is 0 Å². The average Bonchev–Trinajstić information content (AvgIpc) is 2.19. The molecule has 0 aliphatic rings. The van der Waals surface area contributed by atoms with Gasteiger partial charge in [0.25, 0.3) is 5.91 Å². The molecule has 0 unspecified atom stereocenters. The van der Waals surface area contributed by atoms with Gasteiger partial charge in [0, 0.05) is 20.1 Å². The highest BCUT2D eigenvalue weighted by Gasteiger charge is 2.14. The van der Waals surface area contributed by atoms with Crippen LogP contribution in [0.25, 0.3) is 0 Å². The van der Waals surface area contributed by atoms with E-state index in [0.29, 0.717) is 13.1 Å². The number of amides is 2. The fraction of sp³-hybridized carbons (Fsp3) is 0.636. The number of hydrogen-bond donors (Lipinski definition) is 0. The van der Waals surface area contributed by atoms with Gasteiger partial charge in [0.2, 0.25) is 5.91 Å². The minimum atomic E-state index is -0.321. The molecule has 0 aliphatic carbocycles. The Morgan fingerprint density at radius 2 is 1.73 bits per heavy atom. The van der Waals surface area contributed by atoms with Crippen molar-refractivity contribution >= 4 is 11.8 Å². The Bertz CT molecular complexity index is 285. The van der Waals surface area contributed by atoms with E-state index < -0.39 is 0 Å². The maximum Gasteiger partial charge on any atom is 0.298 e. The van der Waals surface area contributed by atoms with E-state index in [2.05, 4.69) is 11.8 Å². The highest BCUT2D eigenvalue weighted by atomic mass is 16.2. The number of carbonyl (C=O) groups excluding carboxylic acids is 2. The summed E-state index contributed by atoms with van der Waals surface area (Å²) in [5.74, 6) is 4.54. The predicted octanol–water partition coefficient (Wildman–Crippen LogP) is 0.337. The van der Waals surface area contributed by atoms with Gasteiger partial charge in [-0.2, -0.15) is 0 Å². The summed E-state index contributed by atoms with van der Waals surface area (Å²) >= 11 is 0. The smallest absolute Gasteiger partial charge is 0.298 e. The van der Waals surface area contributed by atoms with Gasteiger partial charge >= 0.3 is 0 Å². The topological polar surface area (TPSA) is 40.6 Å². The molecule has 0 rings (SSSR count). The van der Waals surface area contributed by atoms with Gasteiger partial charge in [-0.25, -0.2) is 0 Å². The Balaban J connectivity index is 4.26. The van der Waals surface area contributed by atoms with E-state index in [-0.39, 0.29) is 18.4 Å². The molecule has 0 bridgehead atoms. The van der Waals surface area contributed by atoms with E-state index in [1.165, 1.54) is 4.90 Å². The van der Waals surface area contributed by atoms with Crippen LogP contribution in [0.1, 0.15) is 20.8 Å². The van der Waals surface area contributed by atoms with E-state index in [1.807, 2.05) is 13.8 Å². The maximum absolute atomic E-state index is 11.6. The van der Waals surface area contributed by atoms with Gasteiger partial charge in [0.05, 0.1) is 0 Å². The Kier molecular flexibility index (Phi) is 6.19. The van der Waals surface area contributed by atoms with Gasteiger partial charge in [0.1, 0.15) is 6.54 Å². The van der Waals surface area contributed by atoms with Crippen molar-refractivity contribution in [3.05, 3.63) is 0 Å². The number of likely N-dealkylation sites (N-methyl/N-ethyl adjacent to an activating group) is 2. The van der Waals surface area contributed by atoms with E-state index in [9.17, 15) is 9.59 Å². The Morgan fingerprint density at radius 1 is 1.20 bits per heavy atom. The molecule has 0 N–H and O–H groups in total. The first kappa shape index (κ1) is 13.5. The third-order valence-corrected chi connectivity index (χ3v) is 2.07. The summed E-state index contributed by atoms with van der Waals surface area (Å²) < 4.78 is 0. The van der Waals surface area contributed by atoms with Crippen molar-refractivity contribution in [2.45, 2.75) is 20.8 Å². The van der Waals surface area contributed by atoms with Crippen molar-refractivity contribution in [1.29, 1.82) is 0 Å². The van der Waals surface area contributed by atoms with Gasteiger partial charge in [-0.3, -0.25) is 9.59 Å². The van der Waals surface area contributed by atoms with Crippen molar-refractivity contribution in [2.75, 3.05) is 26.7 Å². The van der Waals surface area contributed by atoms with Crippen molar-refractivity contribution < 1.29 is 9.59 Å². The van der Waals surface area contributed by atoms with Crippen LogP contribution in [0.4, 0.5) is 0 Å². The van der Waals surface area contributed by atoms with Crippen LogP contribution in [0, 0.1) is 11.8 Å². The fourth-order valence-corrected chi connectivity index (χ4v) is 1.15. The lowest BCUT2D eigenvalue weighted by Gasteiger charge is -2.21. The molecule has 0 fully saturated rings. The Labute approximate surface area is 91.2 Å². The molecule has 0 saturated heterocycles. The lowest BCUT2D eigenvalue weighted by molar-refractivity contribution is -0.136. The van der Waals surface area contributed by atoms with Crippen molar-refractivity contribution in [3.8, 4) is 11.8 Å². The lowest BCUT2D eigenvalue weighted by atomic mass is 10.4. The molecular weight excluding hydrogens is 192 g/mol. The summed E-state index contributed by atoms with van der Waals surface area (Å²) in [5, 5.41) is 0. The second-order valence-electron chi connectivity index (χ2n) is 3.10. The van der Waals surface area contributed by atoms with Crippen LogP contribution < -0.4 is 0 Å². The number of nitrogens with zero attached hydrogens (tertiary/aromatic N) is 2. The average molecular weight is 210 g/mol. The lowest BCUT2D eigenvalue weighted by Crippen LogP contribution is -2.40. The minimum Gasteiger partial charge on any atom is -0.342 e. The van der Waals surface area contributed by atoms with E-state index >= 15 is 0 Å². The van der Waals surface area contributed by atoms with Crippen molar-refractivity contribution in [2.24, 2.45) is 0 Å². The first-order chi connectivity index (χ1) is 7.06. The standard InChI is InChI=1S/C11H18N2O2/c1-5-8-10(14)12(4)9-11(15)13(6-2)7-3/h6-7,9H2,1-4H3. The first-order valence-electron chi connectivity index (χ1n) is 5.02. The summed E-state index contributed by atoms with van der Waals surface area (Å²) in [6.45, 7) is 6.84. The summed E-state index contributed by atoms with van der Waals surface area (Å²) in [6.07, 6.45) is 0. The molecule has 0 aromatic heterocycles. The highest BCUT2D eigenvalue weighted by molar-refractivity contribution is 5.95. The van der Waals surface area contributed by atoms with E-state index in [1.54, 1.807) is 18.9 Å². The Hall–Kier alpha value is -1.50. The molecule has 2 amide bonds. The van der Waals surface area contributed by atoms with Gasteiger partial charge in [0.15, 0.2) is 0 Å². The third kappa shape index (κ3) is 4.50. The van der Waals surface area contributed by atoms with Crippen LogP contribution in [0.3, 0.4) is 0 Å². The molecule has 0 spiro atoms. The molecular formula is C11H18N2O2. The molecule has 0 radical (unpaired) electrons. The maximum atomic E-state index is 11.6. The minimum absolute atomic E-state index is 0.0475. The molecule has 84 valence electrons. The van der Waals surface area contributed by atoms with E-state index in [4.69, 9.17) is 0 Å². The molecule has 4 heteroatoms. The van der Waals surface area contributed by atoms with Crippen molar-refractivity contribution in [3.63, 3.8) is 0 Å². The normalized spacial score (nSPS) is 8.80. The number of carbonyl (C=O) groups is 2. The van der Waals surface area contributed by atoms with Gasteiger partial charge < -0.3 is 9.80 Å². The summed E-state index contributed by atoms with van der Waals surface area (Å²) in [7, 11) is 1.58. The second-order valence-corrected chi connectivity index (χ2v) is 3.10. The monoisotopic (exact) mass is 210 g/mol. The fourth-order valence-electron chi connectivity index (χ4n) is 1.15. The zero-order chi connectivity index (χ0) is 11.8. The van der Waals surface area contributed by atoms with Crippen LogP contribution in [0.2, 0.25) is 0 Å². The van der Waals surface area contributed by atoms with Crippen molar-refractivity contribution in [1.82, 2.24) is 9.80 Å². The highest BCUT2D eigenvalue weighted by Crippen LogP contribution is 1.92. The van der Waals surface area contributed by atoms with Crippen LogP contribution in [-0.2, 0) is 9.59 Å². The molecule has 0 saturated carbocycles. The largest absolute Gasteiger partial charge is 0.342 e.